The summed E-state index contributed by atoms with van der Waals surface area (Å²) in [4.78, 5) is 13.9. The van der Waals surface area contributed by atoms with Gasteiger partial charge in [-0.2, -0.15) is 5.10 Å². The standard InChI is InChI=1S/C13H19N3O3/c17-7-13(8-18)10-5-16(6-11(10)13)12(19)2-1-9-3-14-15-4-9/h3-4,10-11,17-18H,1-2,5-8H2,(H,14,15). The quantitative estimate of drug-likeness (QED) is 0.663. The number of carbonyl (C=O) groups is 1. The maximum absolute atomic E-state index is 12.1. The molecule has 3 rings (SSSR count). The molecule has 1 aliphatic carbocycles. The van der Waals surface area contributed by atoms with Crippen molar-refractivity contribution in [1.82, 2.24) is 15.1 Å². The van der Waals surface area contributed by atoms with Crippen molar-refractivity contribution < 1.29 is 15.0 Å². The number of carbonyl (C=O) groups excluding carboxylic acids is 1. The van der Waals surface area contributed by atoms with Gasteiger partial charge in [0.25, 0.3) is 0 Å². The van der Waals surface area contributed by atoms with Crippen LogP contribution < -0.4 is 0 Å². The lowest BCUT2D eigenvalue weighted by atomic mass is 10.0. The summed E-state index contributed by atoms with van der Waals surface area (Å²) < 4.78 is 0. The third kappa shape index (κ3) is 1.95. The number of aromatic nitrogens is 2. The van der Waals surface area contributed by atoms with E-state index in [0.717, 1.165) is 5.56 Å². The second-order valence-electron chi connectivity index (χ2n) is 5.67. The first-order valence-corrected chi connectivity index (χ1v) is 6.68. The van der Waals surface area contributed by atoms with E-state index in [4.69, 9.17) is 0 Å². The number of hydrogen-bond donors (Lipinski definition) is 3. The topological polar surface area (TPSA) is 89.5 Å². The highest BCUT2D eigenvalue weighted by atomic mass is 16.3. The van der Waals surface area contributed by atoms with Crippen LogP contribution in [0, 0.1) is 17.3 Å². The Hall–Kier alpha value is -1.40. The molecular weight excluding hydrogens is 246 g/mol. The van der Waals surface area contributed by atoms with Crippen molar-refractivity contribution in [1.29, 1.82) is 0 Å². The Kier molecular flexibility index (Phi) is 3.06. The van der Waals surface area contributed by atoms with Crippen LogP contribution in [0.4, 0.5) is 0 Å². The Bertz CT molecular complexity index is 442. The summed E-state index contributed by atoms with van der Waals surface area (Å²) in [6, 6.07) is 0. The van der Waals surface area contributed by atoms with E-state index in [1.165, 1.54) is 0 Å². The highest BCUT2D eigenvalue weighted by molar-refractivity contribution is 5.77. The van der Waals surface area contributed by atoms with E-state index in [0.29, 0.717) is 25.9 Å². The zero-order chi connectivity index (χ0) is 13.5. The maximum Gasteiger partial charge on any atom is 0.222 e. The van der Waals surface area contributed by atoms with Gasteiger partial charge in [-0.05, 0) is 23.8 Å². The number of amides is 1. The number of aryl methyl sites for hydroxylation is 1. The number of piperidine rings is 1. The average Bonchev–Trinajstić information content (AvgIpc) is 2.91. The molecule has 0 aromatic carbocycles. The minimum absolute atomic E-state index is 0.0237. The largest absolute Gasteiger partial charge is 0.396 e. The summed E-state index contributed by atoms with van der Waals surface area (Å²) >= 11 is 0. The third-order valence-corrected chi connectivity index (χ3v) is 4.81. The van der Waals surface area contributed by atoms with Crippen LogP contribution in [-0.4, -0.2) is 57.5 Å². The van der Waals surface area contributed by atoms with Gasteiger partial charge in [0.1, 0.15) is 0 Å². The molecular formula is C13H19N3O3. The van der Waals surface area contributed by atoms with E-state index in [1.807, 2.05) is 4.90 Å². The number of aromatic amines is 1. The van der Waals surface area contributed by atoms with E-state index in [-0.39, 0.29) is 36.4 Å². The number of rotatable bonds is 5. The Morgan fingerprint density at radius 2 is 2.11 bits per heavy atom. The molecule has 1 saturated heterocycles. The van der Waals surface area contributed by atoms with Gasteiger partial charge in [0.15, 0.2) is 0 Å². The second kappa shape index (κ2) is 4.61. The predicted molar refractivity (Wildman–Crippen MR) is 67.1 cm³/mol. The molecule has 6 nitrogen and oxygen atoms in total. The molecule has 1 aromatic rings. The van der Waals surface area contributed by atoms with Crippen LogP contribution in [0.2, 0.25) is 0 Å². The van der Waals surface area contributed by atoms with Crippen molar-refractivity contribution in [3.05, 3.63) is 18.0 Å². The molecule has 1 amide bonds. The van der Waals surface area contributed by atoms with E-state index in [1.54, 1.807) is 12.4 Å². The van der Waals surface area contributed by atoms with Gasteiger partial charge in [-0.1, -0.05) is 0 Å². The Labute approximate surface area is 111 Å². The molecule has 19 heavy (non-hydrogen) atoms. The molecule has 3 N–H and O–H groups in total. The maximum atomic E-state index is 12.1. The van der Waals surface area contributed by atoms with E-state index in [2.05, 4.69) is 10.2 Å². The first-order chi connectivity index (χ1) is 9.21. The molecule has 2 fully saturated rings. The van der Waals surface area contributed by atoms with Crippen molar-refractivity contribution in [2.45, 2.75) is 12.8 Å². The van der Waals surface area contributed by atoms with Crippen LogP contribution in [0.25, 0.3) is 0 Å². The summed E-state index contributed by atoms with van der Waals surface area (Å²) in [5.41, 5.74) is 0.721. The minimum atomic E-state index is -0.318. The summed E-state index contributed by atoms with van der Waals surface area (Å²) in [7, 11) is 0. The van der Waals surface area contributed by atoms with Crippen molar-refractivity contribution in [2.75, 3.05) is 26.3 Å². The molecule has 2 heterocycles. The summed E-state index contributed by atoms with van der Waals surface area (Å²) in [5, 5.41) is 25.3. The van der Waals surface area contributed by atoms with Gasteiger partial charge in [0, 0.05) is 31.1 Å². The molecule has 1 aliphatic heterocycles. The van der Waals surface area contributed by atoms with Gasteiger partial charge >= 0.3 is 0 Å². The smallest absolute Gasteiger partial charge is 0.222 e. The summed E-state index contributed by atoms with van der Waals surface area (Å²) in [5.74, 6) is 0.707. The molecule has 1 saturated carbocycles. The van der Waals surface area contributed by atoms with Crippen LogP contribution in [0.3, 0.4) is 0 Å². The highest BCUT2D eigenvalue weighted by Crippen LogP contribution is 2.61. The number of nitrogens with one attached hydrogen (secondary N) is 1. The number of nitrogens with zero attached hydrogens (tertiary/aromatic N) is 2. The molecule has 6 heteroatoms. The van der Waals surface area contributed by atoms with E-state index in [9.17, 15) is 15.0 Å². The van der Waals surface area contributed by atoms with Crippen molar-refractivity contribution in [2.24, 2.45) is 17.3 Å². The van der Waals surface area contributed by atoms with Gasteiger partial charge in [-0.15, -0.1) is 0 Å². The number of fused-ring (bicyclic) bond motifs is 1. The predicted octanol–water partition coefficient (Wildman–Crippen LogP) is -0.599. The molecule has 104 valence electrons. The van der Waals surface area contributed by atoms with Gasteiger partial charge < -0.3 is 15.1 Å². The SMILES string of the molecule is O=C(CCc1cn[nH]c1)N1CC2C(C1)C2(CO)CO. The Balaban J connectivity index is 1.49. The van der Waals surface area contributed by atoms with Gasteiger partial charge in [0.05, 0.1) is 19.4 Å². The molecule has 2 unspecified atom stereocenters. The Morgan fingerprint density at radius 1 is 1.42 bits per heavy atom. The lowest BCUT2D eigenvalue weighted by Gasteiger charge is -2.24. The first kappa shape index (κ1) is 12.6. The van der Waals surface area contributed by atoms with Crippen LogP contribution in [0.15, 0.2) is 12.4 Å². The van der Waals surface area contributed by atoms with Crippen LogP contribution in [-0.2, 0) is 11.2 Å². The minimum Gasteiger partial charge on any atom is -0.396 e. The van der Waals surface area contributed by atoms with Gasteiger partial charge in [-0.3, -0.25) is 9.89 Å². The normalized spacial score (nSPS) is 27.4. The fourth-order valence-electron chi connectivity index (χ4n) is 3.38. The monoisotopic (exact) mass is 265 g/mol. The van der Waals surface area contributed by atoms with Crippen molar-refractivity contribution >= 4 is 5.91 Å². The number of hydrogen-bond acceptors (Lipinski definition) is 4. The fraction of sp³-hybridized carbons (Fsp3) is 0.692. The summed E-state index contributed by atoms with van der Waals surface area (Å²) in [6.07, 6.45) is 4.73. The number of aliphatic hydroxyl groups is 2. The summed E-state index contributed by atoms with van der Waals surface area (Å²) in [6.45, 7) is 1.40. The molecule has 2 aliphatic rings. The van der Waals surface area contributed by atoms with Gasteiger partial charge in [-0.25, -0.2) is 0 Å². The number of likely N-dealkylation sites (tertiary alicyclic amines) is 1. The third-order valence-electron chi connectivity index (χ3n) is 4.81. The molecule has 0 bridgehead atoms. The van der Waals surface area contributed by atoms with Crippen LogP contribution in [0.1, 0.15) is 12.0 Å². The highest BCUT2D eigenvalue weighted by Gasteiger charge is 2.67. The lowest BCUT2D eigenvalue weighted by Crippen LogP contribution is -2.36. The second-order valence-corrected chi connectivity index (χ2v) is 5.67. The van der Waals surface area contributed by atoms with E-state index >= 15 is 0 Å². The molecule has 1 aromatic heterocycles. The average molecular weight is 265 g/mol. The van der Waals surface area contributed by atoms with Crippen molar-refractivity contribution in [3.8, 4) is 0 Å². The number of H-pyrrole nitrogens is 1. The molecule has 0 radical (unpaired) electrons. The Morgan fingerprint density at radius 3 is 2.63 bits per heavy atom. The molecule has 0 spiro atoms. The zero-order valence-corrected chi connectivity index (χ0v) is 10.7. The van der Waals surface area contributed by atoms with Crippen LogP contribution >= 0.6 is 0 Å². The van der Waals surface area contributed by atoms with Crippen LogP contribution in [0.5, 0.6) is 0 Å². The lowest BCUT2D eigenvalue weighted by molar-refractivity contribution is -0.131. The first-order valence-electron chi connectivity index (χ1n) is 6.68. The zero-order valence-electron chi connectivity index (χ0n) is 10.7. The molecule has 2 atom stereocenters. The van der Waals surface area contributed by atoms with Crippen molar-refractivity contribution in [3.63, 3.8) is 0 Å². The van der Waals surface area contributed by atoms with Gasteiger partial charge in [0.2, 0.25) is 5.91 Å². The van der Waals surface area contributed by atoms with E-state index < -0.39 is 0 Å². The number of aliphatic hydroxyl groups excluding tert-OH is 2. The fourth-order valence-corrected chi connectivity index (χ4v) is 3.38.